The fourth-order valence-corrected chi connectivity index (χ4v) is 4.16. The van der Waals surface area contributed by atoms with Gasteiger partial charge in [0.15, 0.2) is 0 Å². The molecule has 26 heavy (non-hydrogen) atoms. The molecule has 0 saturated heterocycles. The molecule has 3 aromatic rings. The quantitative estimate of drug-likeness (QED) is 0.751. The predicted molar refractivity (Wildman–Crippen MR) is 103 cm³/mol. The summed E-state index contributed by atoms with van der Waals surface area (Å²) in [6.45, 7) is 1.96. The third-order valence-electron chi connectivity index (χ3n) is 5.95. The van der Waals surface area contributed by atoms with Crippen molar-refractivity contribution in [2.45, 2.75) is 37.8 Å². The number of benzene rings is 2. The molecular weight excluding hydrogens is 322 g/mol. The SMILES string of the molecule is OC1(c2ccc(CN3CCc4cc(-c5cn[nH]c5)ccc43)cc2)CCC1. The van der Waals surface area contributed by atoms with Crippen LogP contribution in [0.5, 0.6) is 0 Å². The summed E-state index contributed by atoms with van der Waals surface area (Å²) in [4.78, 5) is 2.45. The molecule has 0 radical (unpaired) electrons. The normalized spacial score (nSPS) is 17.8. The number of hydrogen-bond acceptors (Lipinski definition) is 3. The van der Waals surface area contributed by atoms with E-state index in [1.54, 1.807) is 0 Å². The van der Waals surface area contributed by atoms with Crippen molar-refractivity contribution in [3.05, 3.63) is 71.5 Å². The predicted octanol–water partition coefficient (Wildman–Crippen LogP) is 4.01. The van der Waals surface area contributed by atoms with Crippen LogP contribution in [0.3, 0.4) is 0 Å². The van der Waals surface area contributed by atoms with E-state index < -0.39 is 5.60 Å². The standard InChI is InChI=1S/C22H23N3O/c26-22(9-1-10-22)20-5-2-16(3-6-20)15-25-11-8-18-12-17(4-7-21(18)25)19-13-23-24-14-19/h2-7,12-14,26H,1,8-11,15H2,(H,23,24). The number of aliphatic hydroxyl groups is 1. The summed E-state index contributed by atoms with van der Waals surface area (Å²) < 4.78 is 0. The second-order valence-corrected chi connectivity index (χ2v) is 7.58. The number of rotatable bonds is 4. The summed E-state index contributed by atoms with van der Waals surface area (Å²) in [6.07, 6.45) is 7.80. The van der Waals surface area contributed by atoms with Gasteiger partial charge in [-0.25, -0.2) is 0 Å². The molecule has 4 nitrogen and oxygen atoms in total. The zero-order valence-electron chi connectivity index (χ0n) is 14.8. The second kappa shape index (κ2) is 5.99. The molecule has 5 rings (SSSR count). The molecule has 0 unspecified atom stereocenters. The highest BCUT2D eigenvalue weighted by Crippen LogP contribution is 2.41. The van der Waals surface area contributed by atoms with E-state index in [2.05, 4.69) is 57.6 Å². The van der Waals surface area contributed by atoms with Crippen LogP contribution < -0.4 is 4.90 Å². The first-order chi connectivity index (χ1) is 12.7. The molecular formula is C22H23N3O. The molecule has 0 spiro atoms. The van der Waals surface area contributed by atoms with Gasteiger partial charge in [-0.05, 0) is 60.1 Å². The number of H-pyrrole nitrogens is 1. The zero-order valence-corrected chi connectivity index (χ0v) is 14.8. The third kappa shape index (κ3) is 2.61. The first kappa shape index (κ1) is 15.6. The van der Waals surface area contributed by atoms with Crippen LogP contribution >= 0.6 is 0 Å². The molecule has 1 fully saturated rings. The molecule has 0 amide bonds. The molecule has 2 heterocycles. The van der Waals surface area contributed by atoms with Gasteiger partial charge in [0.1, 0.15) is 0 Å². The highest BCUT2D eigenvalue weighted by molar-refractivity contribution is 5.69. The molecule has 1 aliphatic carbocycles. The monoisotopic (exact) mass is 345 g/mol. The van der Waals surface area contributed by atoms with Crippen molar-refractivity contribution in [3.63, 3.8) is 0 Å². The summed E-state index contributed by atoms with van der Waals surface area (Å²) in [5, 5.41) is 17.4. The van der Waals surface area contributed by atoms with Gasteiger partial charge in [-0.15, -0.1) is 0 Å². The molecule has 4 heteroatoms. The van der Waals surface area contributed by atoms with Crippen LogP contribution in [0, 0.1) is 0 Å². The zero-order chi connectivity index (χ0) is 17.6. The molecule has 132 valence electrons. The number of nitrogens with one attached hydrogen (secondary N) is 1. The van der Waals surface area contributed by atoms with Crippen molar-refractivity contribution in [1.82, 2.24) is 10.2 Å². The fraction of sp³-hybridized carbons (Fsp3) is 0.318. The van der Waals surface area contributed by atoms with E-state index in [0.717, 1.165) is 49.9 Å². The second-order valence-electron chi connectivity index (χ2n) is 7.58. The van der Waals surface area contributed by atoms with Gasteiger partial charge in [-0.2, -0.15) is 5.10 Å². The van der Waals surface area contributed by atoms with E-state index in [4.69, 9.17) is 0 Å². The van der Waals surface area contributed by atoms with Crippen LogP contribution in [0.4, 0.5) is 5.69 Å². The highest BCUT2D eigenvalue weighted by Gasteiger charge is 2.35. The topological polar surface area (TPSA) is 52.1 Å². The van der Waals surface area contributed by atoms with Crippen molar-refractivity contribution in [3.8, 4) is 11.1 Å². The van der Waals surface area contributed by atoms with E-state index in [9.17, 15) is 5.11 Å². The molecule has 1 aliphatic heterocycles. The lowest BCUT2D eigenvalue weighted by atomic mass is 9.75. The Kier molecular flexibility index (Phi) is 3.61. The Hall–Kier alpha value is -2.59. The summed E-state index contributed by atoms with van der Waals surface area (Å²) >= 11 is 0. The van der Waals surface area contributed by atoms with Gasteiger partial charge in [-0.3, -0.25) is 5.10 Å². The minimum atomic E-state index is -0.567. The van der Waals surface area contributed by atoms with Gasteiger partial charge in [0, 0.05) is 30.5 Å². The Labute approximate surface area is 153 Å². The smallest absolute Gasteiger partial charge is 0.0896 e. The minimum Gasteiger partial charge on any atom is -0.385 e. The summed E-state index contributed by atoms with van der Waals surface area (Å²) in [5.41, 5.74) is 6.89. The average molecular weight is 345 g/mol. The number of anilines is 1. The number of aromatic nitrogens is 2. The molecule has 0 bridgehead atoms. The first-order valence-electron chi connectivity index (χ1n) is 9.40. The Morgan fingerprint density at radius 3 is 2.62 bits per heavy atom. The van der Waals surface area contributed by atoms with Gasteiger partial charge >= 0.3 is 0 Å². The number of aromatic amines is 1. The lowest BCUT2D eigenvalue weighted by Crippen LogP contribution is -2.33. The Bertz CT molecular complexity index is 911. The average Bonchev–Trinajstić information content (AvgIpc) is 3.30. The van der Waals surface area contributed by atoms with Crippen LogP contribution in [0.1, 0.15) is 36.0 Å². The van der Waals surface area contributed by atoms with E-state index in [1.165, 1.54) is 22.4 Å². The number of nitrogens with zero attached hydrogens (tertiary/aromatic N) is 2. The van der Waals surface area contributed by atoms with Crippen molar-refractivity contribution in [2.24, 2.45) is 0 Å². The lowest BCUT2D eigenvalue weighted by Gasteiger charge is -2.37. The molecule has 2 aromatic carbocycles. The summed E-state index contributed by atoms with van der Waals surface area (Å²) in [7, 11) is 0. The fourth-order valence-electron chi connectivity index (χ4n) is 4.16. The molecule has 0 atom stereocenters. The number of hydrogen-bond donors (Lipinski definition) is 2. The highest BCUT2D eigenvalue weighted by atomic mass is 16.3. The maximum absolute atomic E-state index is 10.5. The van der Waals surface area contributed by atoms with Gasteiger partial charge < -0.3 is 10.0 Å². The Morgan fingerprint density at radius 1 is 1.08 bits per heavy atom. The van der Waals surface area contributed by atoms with Crippen LogP contribution in [0.2, 0.25) is 0 Å². The molecule has 1 aromatic heterocycles. The first-order valence-corrected chi connectivity index (χ1v) is 9.40. The largest absolute Gasteiger partial charge is 0.385 e. The van der Waals surface area contributed by atoms with Crippen molar-refractivity contribution >= 4 is 5.69 Å². The Morgan fingerprint density at radius 2 is 1.92 bits per heavy atom. The van der Waals surface area contributed by atoms with E-state index in [-0.39, 0.29) is 0 Å². The van der Waals surface area contributed by atoms with Gasteiger partial charge in [-0.1, -0.05) is 30.3 Å². The molecule has 2 N–H and O–H groups in total. The minimum absolute atomic E-state index is 0.567. The lowest BCUT2D eigenvalue weighted by molar-refractivity contribution is -0.0388. The molecule has 1 saturated carbocycles. The van der Waals surface area contributed by atoms with Gasteiger partial charge in [0.2, 0.25) is 0 Å². The van der Waals surface area contributed by atoms with E-state index in [1.807, 2.05) is 12.4 Å². The van der Waals surface area contributed by atoms with Gasteiger partial charge in [0.05, 0.1) is 11.8 Å². The molecule has 2 aliphatic rings. The van der Waals surface area contributed by atoms with E-state index in [0.29, 0.717) is 0 Å². The maximum Gasteiger partial charge on any atom is 0.0896 e. The van der Waals surface area contributed by atoms with Crippen LogP contribution in [-0.4, -0.2) is 21.8 Å². The van der Waals surface area contributed by atoms with Crippen molar-refractivity contribution < 1.29 is 5.11 Å². The summed E-state index contributed by atoms with van der Waals surface area (Å²) in [6, 6.07) is 15.2. The van der Waals surface area contributed by atoms with Crippen LogP contribution in [-0.2, 0) is 18.6 Å². The van der Waals surface area contributed by atoms with E-state index >= 15 is 0 Å². The van der Waals surface area contributed by atoms with Crippen molar-refractivity contribution in [1.29, 1.82) is 0 Å². The Balaban J connectivity index is 1.34. The van der Waals surface area contributed by atoms with Crippen molar-refractivity contribution in [2.75, 3.05) is 11.4 Å². The van der Waals surface area contributed by atoms with Gasteiger partial charge in [0.25, 0.3) is 0 Å². The third-order valence-corrected chi connectivity index (χ3v) is 5.95. The van der Waals surface area contributed by atoms with Crippen LogP contribution in [0.25, 0.3) is 11.1 Å². The summed E-state index contributed by atoms with van der Waals surface area (Å²) in [5.74, 6) is 0. The van der Waals surface area contributed by atoms with Crippen LogP contribution in [0.15, 0.2) is 54.9 Å². The maximum atomic E-state index is 10.5. The number of fused-ring (bicyclic) bond motifs is 1.